The maximum atomic E-state index is 12.7. The van der Waals surface area contributed by atoms with Crippen molar-refractivity contribution in [3.8, 4) is 0 Å². The van der Waals surface area contributed by atoms with Crippen LogP contribution in [0.1, 0.15) is 48.8 Å². The van der Waals surface area contributed by atoms with Gasteiger partial charge in [-0.2, -0.15) is 0 Å². The highest BCUT2D eigenvalue weighted by Crippen LogP contribution is 2.45. The third-order valence-electron chi connectivity index (χ3n) is 5.14. The Labute approximate surface area is 133 Å². The number of aryl methyl sites for hydroxylation is 2. The average Bonchev–Trinajstić information content (AvgIpc) is 3.32. The van der Waals surface area contributed by atoms with Crippen LogP contribution in [-0.4, -0.2) is 36.6 Å². The second-order valence-corrected chi connectivity index (χ2v) is 7.01. The van der Waals surface area contributed by atoms with Gasteiger partial charge in [-0.25, -0.2) is 0 Å². The van der Waals surface area contributed by atoms with Crippen molar-refractivity contribution in [2.45, 2.75) is 52.1 Å². The Kier molecular flexibility index (Phi) is 4.53. The average molecular weight is 301 g/mol. The van der Waals surface area contributed by atoms with Crippen molar-refractivity contribution in [2.24, 2.45) is 5.92 Å². The van der Waals surface area contributed by atoms with Crippen LogP contribution in [0.2, 0.25) is 0 Å². The maximum absolute atomic E-state index is 12.7. The van der Waals surface area contributed by atoms with Crippen LogP contribution < -0.4 is 0 Å². The molecule has 0 radical (unpaired) electrons. The van der Waals surface area contributed by atoms with Gasteiger partial charge in [0.05, 0.1) is 12.7 Å². The van der Waals surface area contributed by atoms with Crippen LogP contribution >= 0.6 is 0 Å². The lowest BCUT2D eigenvalue weighted by molar-refractivity contribution is -0.138. The first-order valence-electron chi connectivity index (χ1n) is 8.51. The molecular formula is C19H27NO2. The Balaban J connectivity index is 1.71. The Bertz CT molecular complexity index is 550. The number of ether oxygens (including phenoxy) is 1. The highest BCUT2D eigenvalue weighted by molar-refractivity contribution is 5.77. The smallest absolute Gasteiger partial charge is 0.223 e. The highest BCUT2D eigenvalue weighted by atomic mass is 16.5. The van der Waals surface area contributed by atoms with Crippen molar-refractivity contribution in [2.75, 3.05) is 19.7 Å². The van der Waals surface area contributed by atoms with E-state index in [4.69, 9.17) is 4.74 Å². The molecule has 1 heterocycles. The van der Waals surface area contributed by atoms with Crippen molar-refractivity contribution in [1.29, 1.82) is 0 Å². The second-order valence-electron chi connectivity index (χ2n) is 7.01. The van der Waals surface area contributed by atoms with Gasteiger partial charge in [0.15, 0.2) is 0 Å². The largest absolute Gasteiger partial charge is 0.375 e. The number of hydrogen-bond donors (Lipinski definition) is 0. The van der Waals surface area contributed by atoms with Gasteiger partial charge in [0, 0.05) is 19.5 Å². The quantitative estimate of drug-likeness (QED) is 0.852. The third-order valence-corrected chi connectivity index (χ3v) is 5.14. The molecule has 3 heteroatoms. The molecule has 0 N–H and O–H groups in total. The van der Waals surface area contributed by atoms with Crippen molar-refractivity contribution in [1.82, 2.24) is 4.90 Å². The summed E-state index contributed by atoms with van der Waals surface area (Å²) in [5.41, 5.74) is 4.00. The molecule has 1 saturated carbocycles. The molecule has 1 aromatic rings. The van der Waals surface area contributed by atoms with Crippen molar-refractivity contribution in [3.05, 3.63) is 34.9 Å². The Morgan fingerprint density at radius 3 is 2.73 bits per heavy atom. The monoisotopic (exact) mass is 301 g/mol. The van der Waals surface area contributed by atoms with Gasteiger partial charge in [-0.05, 0) is 62.1 Å². The summed E-state index contributed by atoms with van der Waals surface area (Å²) in [4.78, 5) is 14.7. The number of morpholine rings is 1. The zero-order valence-corrected chi connectivity index (χ0v) is 14.0. The highest BCUT2D eigenvalue weighted by Gasteiger charge is 2.35. The van der Waals surface area contributed by atoms with Gasteiger partial charge in [0.1, 0.15) is 0 Å². The molecule has 2 unspecified atom stereocenters. The minimum absolute atomic E-state index is 0.165. The van der Waals surface area contributed by atoms with Crippen LogP contribution in [0.4, 0.5) is 0 Å². The zero-order chi connectivity index (χ0) is 15.7. The Hall–Kier alpha value is -1.35. The number of amides is 1. The summed E-state index contributed by atoms with van der Waals surface area (Å²) in [6.07, 6.45) is 3.35. The fourth-order valence-corrected chi connectivity index (χ4v) is 3.41. The number of carbonyl (C=O) groups excluding carboxylic acids is 1. The fraction of sp³-hybridized carbons (Fsp3) is 0.632. The molecular weight excluding hydrogens is 274 g/mol. The minimum atomic E-state index is 0.165. The molecule has 3 nitrogen and oxygen atoms in total. The number of benzene rings is 1. The molecule has 3 rings (SSSR count). The minimum Gasteiger partial charge on any atom is -0.375 e. The van der Waals surface area contributed by atoms with E-state index in [9.17, 15) is 4.79 Å². The first-order chi connectivity index (χ1) is 10.5. The first kappa shape index (κ1) is 15.5. The Morgan fingerprint density at radius 2 is 2.09 bits per heavy atom. The summed E-state index contributed by atoms with van der Waals surface area (Å²) < 4.78 is 5.54. The molecule has 2 aliphatic rings. The Morgan fingerprint density at radius 1 is 1.32 bits per heavy atom. The summed E-state index contributed by atoms with van der Waals surface area (Å²) in [6, 6.07) is 6.70. The normalized spacial score (nSPS) is 23.4. The lowest BCUT2D eigenvalue weighted by Gasteiger charge is -2.32. The van der Waals surface area contributed by atoms with Gasteiger partial charge in [0.25, 0.3) is 0 Å². The second kappa shape index (κ2) is 6.41. The van der Waals surface area contributed by atoms with Crippen LogP contribution in [0.3, 0.4) is 0 Å². The van der Waals surface area contributed by atoms with E-state index in [0.29, 0.717) is 30.8 Å². The summed E-state index contributed by atoms with van der Waals surface area (Å²) in [5, 5.41) is 0. The number of hydrogen-bond acceptors (Lipinski definition) is 2. The third kappa shape index (κ3) is 3.52. The van der Waals surface area contributed by atoms with Gasteiger partial charge < -0.3 is 9.64 Å². The van der Waals surface area contributed by atoms with Crippen molar-refractivity contribution < 1.29 is 9.53 Å². The van der Waals surface area contributed by atoms with Crippen LogP contribution in [0, 0.1) is 19.8 Å². The van der Waals surface area contributed by atoms with E-state index in [1.807, 2.05) is 11.8 Å². The number of carbonyl (C=O) groups is 1. The van der Waals surface area contributed by atoms with Crippen LogP contribution in [0.15, 0.2) is 18.2 Å². The fourth-order valence-electron chi connectivity index (χ4n) is 3.41. The van der Waals surface area contributed by atoms with Crippen LogP contribution in [0.5, 0.6) is 0 Å². The number of rotatable bonds is 4. The molecule has 0 spiro atoms. The molecule has 2 atom stereocenters. The molecule has 1 saturated heterocycles. The van der Waals surface area contributed by atoms with E-state index < -0.39 is 0 Å². The number of nitrogens with zero attached hydrogens (tertiary/aromatic N) is 1. The molecule has 120 valence electrons. The van der Waals surface area contributed by atoms with E-state index in [1.165, 1.54) is 29.5 Å². The van der Waals surface area contributed by atoms with Crippen molar-refractivity contribution >= 4 is 5.91 Å². The van der Waals surface area contributed by atoms with E-state index >= 15 is 0 Å². The van der Waals surface area contributed by atoms with Crippen molar-refractivity contribution in [3.63, 3.8) is 0 Å². The molecule has 1 aliphatic carbocycles. The molecule has 1 amide bonds. The van der Waals surface area contributed by atoms with Gasteiger partial charge in [-0.15, -0.1) is 0 Å². The molecule has 0 bridgehead atoms. The van der Waals surface area contributed by atoms with Crippen LogP contribution in [-0.2, 0) is 9.53 Å². The molecule has 0 aromatic heterocycles. The van der Waals surface area contributed by atoms with Gasteiger partial charge in [-0.3, -0.25) is 4.79 Å². The summed E-state index contributed by atoms with van der Waals surface area (Å²) >= 11 is 0. The lowest BCUT2D eigenvalue weighted by Crippen LogP contribution is -2.44. The standard InChI is InChI=1S/C19H27NO2/c1-13-4-5-17(10-14(13)2)18(16-6-7-16)11-19(21)20-8-9-22-15(3)12-20/h4-5,10,15-16,18H,6-9,11-12H2,1-3H3. The molecule has 1 aliphatic heterocycles. The van der Waals surface area contributed by atoms with Gasteiger partial charge >= 0.3 is 0 Å². The predicted molar refractivity (Wildman–Crippen MR) is 88.0 cm³/mol. The van der Waals surface area contributed by atoms with E-state index in [-0.39, 0.29) is 6.10 Å². The molecule has 22 heavy (non-hydrogen) atoms. The van der Waals surface area contributed by atoms with Gasteiger partial charge in [-0.1, -0.05) is 18.2 Å². The summed E-state index contributed by atoms with van der Waals surface area (Å²) in [5.74, 6) is 1.39. The van der Waals surface area contributed by atoms with Gasteiger partial charge in [0.2, 0.25) is 5.91 Å². The SMILES string of the molecule is Cc1ccc(C(CC(=O)N2CCOC(C)C2)C2CC2)cc1C. The molecule has 1 aromatic carbocycles. The first-order valence-corrected chi connectivity index (χ1v) is 8.51. The summed E-state index contributed by atoms with van der Waals surface area (Å²) in [6.45, 7) is 8.50. The maximum Gasteiger partial charge on any atom is 0.223 e. The topological polar surface area (TPSA) is 29.5 Å². The van der Waals surface area contributed by atoms with E-state index in [1.54, 1.807) is 0 Å². The predicted octanol–water partition coefficient (Wildman–Crippen LogP) is 3.43. The lowest BCUT2D eigenvalue weighted by atomic mass is 9.88. The molecule has 2 fully saturated rings. The van der Waals surface area contributed by atoms with E-state index in [2.05, 4.69) is 32.0 Å². The summed E-state index contributed by atoms with van der Waals surface area (Å²) in [7, 11) is 0. The van der Waals surface area contributed by atoms with Crippen LogP contribution in [0.25, 0.3) is 0 Å². The van der Waals surface area contributed by atoms with E-state index in [0.717, 1.165) is 13.1 Å². The zero-order valence-electron chi connectivity index (χ0n) is 14.0.